The fourth-order valence-electron chi connectivity index (χ4n) is 2.32. The van der Waals surface area contributed by atoms with Crippen LogP contribution in [0.4, 0.5) is 5.69 Å². The lowest BCUT2D eigenvalue weighted by molar-refractivity contribution is -0.121. The lowest BCUT2D eigenvalue weighted by Crippen LogP contribution is -2.31. The number of benzene rings is 2. The molecule has 0 aliphatic rings. The van der Waals surface area contributed by atoms with Gasteiger partial charge in [0.25, 0.3) is 0 Å². The van der Waals surface area contributed by atoms with Crippen molar-refractivity contribution in [2.24, 2.45) is 0 Å². The number of carbonyl (C=O) groups excluding carboxylic acids is 2. The van der Waals surface area contributed by atoms with E-state index in [1.807, 2.05) is 32.9 Å². The van der Waals surface area contributed by atoms with Gasteiger partial charge in [-0.05, 0) is 56.7 Å². The molecule has 0 saturated heterocycles. The van der Waals surface area contributed by atoms with Crippen LogP contribution in [0.3, 0.4) is 0 Å². The summed E-state index contributed by atoms with van der Waals surface area (Å²) in [5.41, 5.74) is 1.57. The van der Waals surface area contributed by atoms with Crippen molar-refractivity contribution in [2.45, 2.75) is 43.4 Å². The number of rotatable bonds is 7. The normalized spacial score (nSPS) is 11.9. The molecule has 0 aliphatic carbocycles. The lowest BCUT2D eigenvalue weighted by Gasteiger charge is -2.13. The molecule has 0 spiro atoms. The van der Waals surface area contributed by atoms with Crippen LogP contribution in [0.1, 0.15) is 26.3 Å². The van der Waals surface area contributed by atoms with Crippen LogP contribution in [-0.2, 0) is 16.0 Å². The molecule has 0 fully saturated rings. The lowest BCUT2D eigenvalue weighted by atomic mass is 10.1. The number of nitrogens with one attached hydrogen (secondary N) is 2. The zero-order valence-corrected chi connectivity index (χ0v) is 17.7. The van der Waals surface area contributed by atoms with E-state index in [1.54, 1.807) is 30.3 Å². The first-order chi connectivity index (χ1) is 12.7. The quantitative estimate of drug-likeness (QED) is 0.601. The molecular formula is C20H22Cl2N2O2S. The van der Waals surface area contributed by atoms with E-state index in [2.05, 4.69) is 10.6 Å². The van der Waals surface area contributed by atoms with Crippen molar-refractivity contribution in [3.8, 4) is 0 Å². The summed E-state index contributed by atoms with van der Waals surface area (Å²) >= 11 is 13.5. The molecule has 7 heteroatoms. The van der Waals surface area contributed by atoms with Gasteiger partial charge in [-0.15, -0.1) is 11.8 Å². The van der Waals surface area contributed by atoms with E-state index < -0.39 is 0 Å². The van der Waals surface area contributed by atoms with Gasteiger partial charge in [0.15, 0.2) is 0 Å². The Morgan fingerprint density at radius 3 is 2.33 bits per heavy atom. The third kappa shape index (κ3) is 7.09. The van der Waals surface area contributed by atoms with Crippen molar-refractivity contribution in [1.82, 2.24) is 5.32 Å². The topological polar surface area (TPSA) is 58.2 Å². The van der Waals surface area contributed by atoms with Crippen LogP contribution in [0.2, 0.25) is 10.0 Å². The number of anilines is 1. The second-order valence-electron chi connectivity index (χ2n) is 6.42. The predicted molar refractivity (Wildman–Crippen MR) is 114 cm³/mol. The average molecular weight is 425 g/mol. The Labute approximate surface area is 174 Å². The standard InChI is InChI=1S/C20H22Cl2N2O2S/c1-12(2)23-19(25)10-14-4-7-16(8-5-14)24-20(26)13(3)27-18-11-15(21)6-9-17(18)22/h4-9,11-13H,10H2,1-3H3,(H,23,25)(H,24,26). The number of carbonyl (C=O) groups is 2. The SMILES string of the molecule is CC(C)NC(=O)Cc1ccc(NC(=O)C(C)Sc2cc(Cl)ccc2Cl)cc1. The van der Waals surface area contributed by atoms with Gasteiger partial charge in [-0.2, -0.15) is 0 Å². The van der Waals surface area contributed by atoms with E-state index in [4.69, 9.17) is 23.2 Å². The molecule has 2 aromatic rings. The number of hydrogen-bond acceptors (Lipinski definition) is 3. The highest BCUT2D eigenvalue weighted by molar-refractivity contribution is 8.00. The monoisotopic (exact) mass is 424 g/mol. The molecule has 144 valence electrons. The van der Waals surface area contributed by atoms with Crippen molar-refractivity contribution in [1.29, 1.82) is 0 Å². The summed E-state index contributed by atoms with van der Waals surface area (Å²) in [4.78, 5) is 25.0. The molecule has 0 aromatic heterocycles. The first-order valence-electron chi connectivity index (χ1n) is 8.55. The van der Waals surface area contributed by atoms with Gasteiger partial charge in [0.05, 0.1) is 16.7 Å². The van der Waals surface area contributed by atoms with E-state index in [1.165, 1.54) is 11.8 Å². The second kappa shape index (κ2) is 10.0. The molecule has 0 saturated carbocycles. The van der Waals surface area contributed by atoms with Gasteiger partial charge in [-0.1, -0.05) is 35.3 Å². The first-order valence-corrected chi connectivity index (χ1v) is 10.2. The van der Waals surface area contributed by atoms with E-state index in [-0.39, 0.29) is 23.1 Å². The van der Waals surface area contributed by atoms with Crippen LogP contribution in [0.5, 0.6) is 0 Å². The summed E-state index contributed by atoms with van der Waals surface area (Å²) in [6, 6.07) is 12.5. The van der Waals surface area contributed by atoms with Crippen molar-refractivity contribution in [3.63, 3.8) is 0 Å². The van der Waals surface area contributed by atoms with Crippen molar-refractivity contribution < 1.29 is 9.59 Å². The molecule has 2 amide bonds. The fourth-order valence-corrected chi connectivity index (χ4v) is 3.73. The third-order valence-corrected chi connectivity index (χ3v) is 5.44. The molecule has 0 aliphatic heterocycles. The van der Waals surface area contributed by atoms with Gasteiger partial charge in [0.2, 0.25) is 11.8 Å². The summed E-state index contributed by atoms with van der Waals surface area (Å²) in [5, 5.41) is 6.51. The Balaban J connectivity index is 1.93. The van der Waals surface area contributed by atoms with Crippen LogP contribution < -0.4 is 10.6 Å². The highest BCUT2D eigenvalue weighted by Crippen LogP contribution is 2.33. The number of thioether (sulfide) groups is 1. The minimum Gasteiger partial charge on any atom is -0.354 e. The van der Waals surface area contributed by atoms with Crippen molar-refractivity contribution in [2.75, 3.05) is 5.32 Å². The van der Waals surface area contributed by atoms with Crippen LogP contribution in [0.25, 0.3) is 0 Å². The summed E-state index contributed by atoms with van der Waals surface area (Å²) in [5.74, 6) is -0.161. The van der Waals surface area contributed by atoms with Gasteiger partial charge in [-0.25, -0.2) is 0 Å². The van der Waals surface area contributed by atoms with Crippen LogP contribution in [0, 0.1) is 0 Å². The highest BCUT2D eigenvalue weighted by atomic mass is 35.5. The van der Waals surface area contributed by atoms with Crippen LogP contribution in [-0.4, -0.2) is 23.1 Å². The maximum atomic E-state index is 12.4. The number of hydrogen-bond donors (Lipinski definition) is 2. The Morgan fingerprint density at radius 2 is 1.70 bits per heavy atom. The molecule has 2 aromatic carbocycles. The summed E-state index contributed by atoms with van der Waals surface area (Å²) in [6.07, 6.45) is 0.311. The zero-order valence-electron chi connectivity index (χ0n) is 15.4. The minimum atomic E-state index is -0.350. The van der Waals surface area contributed by atoms with Gasteiger partial charge in [-0.3, -0.25) is 9.59 Å². The maximum Gasteiger partial charge on any atom is 0.237 e. The molecule has 4 nitrogen and oxygen atoms in total. The largest absolute Gasteiger partial charge is 0.354 e. The summed E-state index contributed by atoms with van der Waals surface area (Å²) < 4.78 is 0. The molecule has 1 atom stereocenters. The fraction of sp³-hybridized carbons (Fsp3) is 0.300. The zero-order chi connectivity index (χ0) is 20.0. The van der Waals surface area contributed by atoms with E-state index in [0.717, 1.165) is 10.5 Å². The van der Waals surface area contributed by atoms with E-state index in [0.29, 0.717) is 22.2 Å². The molecule has 1 unspecified atom stereocenters. The molecule has 2 rings (SSSR count). The molecule has 27 heavy (non-hydrogen) atoms. The van der Waals surface area contributed by atoms with Crippen molar-refractivity contribution >= 4 is 52.5 Å². The summed E-state index contributed by atoms with van der Waals surface area (Å²) in [7, 11) is 0. The van der Waals surface area contributed by atoms with Gasteiger partial charge >= 0.3 is 0 Å². The molecule has 2 N–H and O–H groups in total. The molecule has 0 bridgehead atoms. The molecule has 0 heterocycles. The molecular weight excluding hydrogens is 403 g/mol. The summed E-state index contributed by atoms with van der Waals surface area (Å²) in [6.45, 7) is 5.65. The number of amides is 2. The van der Waals surface area contributed by atoms with Gasteiger partial charge < -0.3 is 10.6 Å². The van der Waals surface area contributed by atoms with E-state index in [9.17, 15) is 9.59 Å². The Bertz CT molecular complexity index is 810. The first kappa shape index (κ1) is 21.6. The van der Waals surface area contributed by atoms with Gasteiger partial charge in [0, 0.05) is 21.6 Å². The van der Waals surface area contributed by atoms with Crippen LogP contribution in [0.15, 0.2) is 47.4 Å². The maximum absolute atomic E-state index is 12.4. The number of halogens is 2. The Morgan fingerprint density at radius 1 is 1.04 bits per heavy atom. The van der Waals surface area contributed by atoms with Crippen molar-refractivity contribution in [3.05, 3.63) is 58.1 Å². The third-order valence-electron chi connectivity index (χ3n) is 3.60. The Kier molecular flexibility index (Phi) is 8.02. The smallest absolute Gasteiger partial charge is 0.237 e. The second-order valence-corrected chi connectivity index (χ2v) is 8.65. The van der Waals surface area contributed by atoms with Gasteiger partial charge in [0.1, 0.15) is 0 Å². The highest BCUT2D eigenvalue weighted by Gasteiger charge is 2.16. The van der Waals surface area contributed by atoms with Crippen LogP contribution >= 0.6 is 35.0 Å². The Hall–Kier alpha value is -1.69. The molecule has 0 radical (unpaired) electrons. The predicted octanol–water partition coefficient (Wildman–Crippen LogP) is 5.18. The minimum absolute atomic E-state index is 0.0230. The average Bonchev–Trinajstić information content (AvgIpc) is 2.59. The van der Waals surface area contributed by atoms with E-state index >= 15 is 0 Å².